The normalized spacial score (nSPS) is 16.6. The molecule has 1 aliphatic carbocycles. The monoisotopic (exact) mass is 616 g/mol. The largest absolute Gasteiger partial charge is 0.495 e. The molecule has 43 heavy (non-hydrogen) atoms. The molecule has 0 radical (unpaired) electrons. The Hall–Kier alpha value is -3.45. The van der Waals surface area contributed by atoms with Crippen molar-refractivity contribution in [2.75, 3.05) is 19.0 Å². The second kappa shape index (κ2) is 19.0. The Balaban J connectivity index is 0.000000347. The quantitative estimate of drug-likeness (QED) is 0.218. The average Bonchev–Trinajstić information content (AvgIpc) is 3.40. The summed E-state index contributed by atoms with van der Waals surface area (Å²) in [6.07, 6.45) is 8.80. The third-order valence-electron chi connectivity index (χ3n) is 6.81. The van der Waals surface area contributed by atoms with Crippen molar-refractivity contribution in [3.63, 3.8) is 0 Å². The van der Waals surface area contributed by atoms with E-state index in [1.54, 1.807) is 37.3 Å². The predicted molar refractivity (Wildman–Crippen MR) is 175 cm³/mol. The fraction of sp³-hybridized carbons (Fsp3) is 0.429. The van der Waals surface area contributed by atoms with E-state index in [0.29, 0.717) is 52.8 Å². The van der Waals surface area contributed by atoms with Gasteiger partial charge >= 0.3 is 0 Å². The summed E-state index contributed by atoms with van der Waals surface area (Å²) in [4.78, 5) is 21.8. The number of halogens is 3. The van der Waals surface area contributed by atoms with Crippen LogP contribution in [0.15, 0.2) is 77.6 Å². The fourth-order valence-corrected chi connectivity index (χ4v) is 5.07. The van der Waals surface area contributed by atoms with Crippen LogP contribution in [0.3, 0.4) is 0 Å². The van der Waals surface area contributed by atoms with Crippen LogP contribution in [0.4, 0.5) is 14.5 Å². The Morgan fingerprint density at radius 2 is 1.86 bits per heavy atom. The molecule has 236 valence electrons. The smallest absolute Gasteiger partial charge is 0.251 e. The Labute approximate surface area is 261 Å². The Morgan fingerprint density at radius 3 is 2.35 bits per heavy atom. The van der Waals surface area contributed by atoms with E-state index in [-0.39, 0.29) is 22.6 Å². The highest BCUT2D eigenvalue weighted by Gasteiger charge is 2.31. The number of benzene rings is 2. The van der Waals surface area contributed by atoms with Gasteiger partial charge in [0, 0.05) is 12.1 Å². The summed E-state index contributed by atoms with van der Waals surface area (Å²) in [7, 11) is 1.48. The molecule has 0 saturated heterocycles. The van der Waals surface area contributed by atoms with E-state index in [1.807, 2.05) is 32.1 Å². The zero-order valence-corrected chi connectivity index (χ0v) is 27.3. The molecule has 3 rings (SSSR count). The van der Waals surface area contributed by atoms with Gasteiger partial charge in [0.1, 0.15) is 17.4 Å². The van der Waals surface area contributed by atoms with Gasteiger partial charge in [0.05, 0.1) is 17.8 Å². The van der Waals surface area contributed by atoms with Crippen LogP contribution in [0, 0.1) is 30.0 Å². The lowest BCUT2D eigenvalue weighted by Crippen LogP contribution is -2.22. The topological polar surface area (TPSA) is 67.4 Å². The van der Waals surface area contributed by atoms with Gasteiger partial charge in [0.2, 0.25) is 6.41 Å². The molecule has 0 aliphatic heterocycles. The molecule has 2 amide bonds. The van der Waals surface area contributed by atoms with E-state index in [9.17, 15) is 18.4 Å². The van der Waals surface area contributed by atoms with Crippen molar-refractivity contribution in [2.45, 2.75) is 67.2 Å². The minimum absolute atomic E-state index is 0.0207. The summed E-state index contributed by atoms with van der Waals surface area (Å²) in [5.41, 5.74) is 2.81. The number of hydrogen-bond donors (Lipinski definition) is 2. The van der Waals surface area contributed by atoms with Crippen LogP contribution in [0.2, 0.25) is 0 Å². The number of methoxy groups -OCH3 is 1. The van der Waals surface area contributed by atoms with Gasteiger partial charge < -0.3 is 15.4 Å². The highest BCUT2D eigenvalue weighted by Crippen LogP contribution is 2.43. The molecule has 0 heterocycles. The second-order valence-corrected chi connectivity index (χ2v) is 12.1. The first-order chi connectivity index (χ1) is 20.3. The van der Waals surface area contributed by atoms with Gasteiger partial charge in [0.25, 0.3) is 5.91 Å². The molecule has 1 saturated carbocycles. The lowest BCUT2D eigenvalue weighted by molar-refractivity contribution is -0.105. The van der Waals surface area contributed by atoms with E-state index in [2.05, 4.69) is 38.0 Å². The Bertz CT molecular complexity index is 1250. The number of allylic oxidation sites excluding steroid dienone is 5. The van der Waals surface area contributed by atoms with Crippen molar-refractivity contribution in [1.82, 2.24) is 5.32 Å². The highest BCUT2D eigenvalue weighted by atomic mass is 35.5. The first kappa shape index (κ1) is 37.6. The van der Waals surface area contributed by atoms with Crippen molar-refractivity contribution in [3.8, 4) is 5.75 Å². The minimum Gasteiger partial charge on any atom is -0.495 e. The molecule has 0 bridgehead atoms. The number of anilines is 1. The number of ether oxygens (including phenoxy) is 1. The van der Waals surface area contributed by atoms with Gasteiger partial charge in [-0.2, -0.15) is 0 Å². The maximum Gasteiger partial charge on any atom is 0.251 e. The van der Waals surface area contributed by atoms with Crippen molar-refractivity contribution in [1.29, 1.82) is 0 Å². The van der Waals surface area contributed by atoms with E-state index in [4.69, 9.17) is 16.3 Å². The van der Waals surface area contributed by atoms with Crippen LogP contribution >= 0.6 is 11.6 Å². The molecule has 2 N–H and O–H groups in total. The van der Waals surface area contributed by atoms with Crippen molar-refractivity contribution >= 4 is 29.6 Å². The molecule has 0 spiro atoms. The molecular formula is C35H47ClF2N2O3. The summed E-state index contributed by atoms with van der Waals surface area (Å²) >= 11 is 5.72. The minimum atomic E-state index is -0.332. The van der Waals surface area contributed by atoms with Crippen molar-refractivity contribution < 1.29 is 23.1 Å². The zero-order valence-electron chi connectivity index (χ0n) is 26.5. The molecule has 0 aromatic heterocycles. The number of amides is 2. The van der Waals surface area contributed by atoms with Gasteiger partial charge in [-0.15, -0.1) is 0 Å². The molecule has 2 unspecified atom stereocenters. The van der Waals surface area contributed by atoms with E-state index in [0.717, 1.165) is 18.4 Å². The number of aryl methyl sites for hydroxylation is 1. The van der Waals surface area contributed by atoms with Crippen molar-refractivity contribution in [3.05, 3.63) is 94.6 Å². The highest BCUT2D eigenvalue weighted by molar-refractivity contribution is 6.31. The summed E-state index contributed by atoms with van der Waals surface area (Å²) in [5, 5.41) is 5.19. The van der Waals surface area contributed by atoms with E-state index < -0.39 is 0 Å². The van der Waals surface area contributed by atoms with Crippen LogP contribution in [0.5, 0.6) is 5.75 Å². The van der Waals surface area contributed by atoms with Crippen LogP contribution in [-0.4, -0.2) is 26.0 Å². The molecule has 8 heteroatoms. The fourth-order valence-electron chi connectivity index (χ4n) is 4.96. The molecule has 1 fully saturated rings. The summed E-state index contributed by atoms with van der Waals surface area (Å²) in [6, 6.07) is 11.5. The molecule has 5 nitrogen and oxygen atoms in total. The molecule has 2 aromatic carbocycles. The first-order valence-electron chi connectivity index (χ1n) is 14.5. The molecular weight excluding hydrogens is 570 g/mol. The first-order valence-corrected chi connectivity index (χ1v) is 14.9. The predicted octanol–water partition coefficient (Wildman–Crippen LogP) is 9.54. The molecule has 1 aliphatic rings. The van der Waals surface area contributed by atoms with Crippen LogP contribution < -0.4 is 15.4 Å². The molecule has 2 atom stereocenters. The van der Waals surface area contributed by atoms with E-state index in [1.165, 1.54) is 26.0 Å². The second-order valence-electron chi connectivity index (χ2n) is 11.6. The van der Waals surface area contributed by atoms with Gasteiger partial charge in [0.15, 0.2) is 0 Å². The Morgan fingerprint density at radius 1 is 1.19 bits per heavy atom. The van der Waals surface area contributed by atoms with Crippen LogP contribution in [0.25, 0.3) is 0 Å². The average molecular weight is 617 g/mol. The summed E-state index contributed by atoms with van der Waals surface area (Å²) in [6.45, 7) is 16.4. The summed E-state index contributed by atoms with van der Waals surface area (Å²) in [5.74, 6) is 0.809. The third kappa shape index (κ3) is 13.6. The van der Waals surface area contributed by atoms with Crippen molar-refractivity contribution in [2.24, 2.45) is 17.3 Å². The van der Waals surface area contributed by atoms with Gasteiger partial charge in [-0.1, -0.05) is 69.3 Å². The SMILES string of the molecule is C=C(Cl)/C(F)=C(\C=C/C)C1CCC(CC(C)(C)C)C1.CCNC(=O)c1ccc(NC=O)c(OC)c1.Cc1ccccc1F. The number of carbonyl (C=O) groups is 2. The van der Waals surface area contributed by atoms with E-state index >= 15 is 0 Å². The van der Waals surface area contributed by atoms with Crippen LogP contribution in [0.1, 0.15) is 76.2 Å². The zero-order chi connectivity index (χ0) is 32.6. The maximum atomic E-state index is 14.1. The lowest BCUT2D eigenvalue weighted by atomic mass is 9.83. The Kier molecular flexibility index (Phi) is 16.6. The summed E-state index contributed by atoms with van der Waals surface area (Å²) < 4.78 is 31.5. The third-order valence-corrected chi connectivity index (χ3v) is 6.98. The molecule has 2 aromatic rings. The van der Waals surface area contributed by atoms with Gasteiger partial charge in [-0.05, 0) is 99.1 Å². The lowest BCUT2D eigenvalue weighted by Gasteiger charge is -2.23. The number of carbonyl (C=O) groups excluding carboxylic acids is 2. The maximum absolute atomic E-state index is 14.1. The van der Waals surface area contributed by atoms with Gasteiger partial charge in [-0.25, -0.2) is 8.78 Å². The number of rotatable bonds is 9. The standard InChI is InChI=1S/C17H26ClF.C11H14N2O3.C7H7F/c1-6-7-15(16(19)12(2)18)14-9-8-13(10-14)11-17(3,4)5;1-3-12-11(15)8-4-5-9(13-7-14)10(6-8)16-2;1-6-4-2-3-5-7(6)8/h6-7,13-14H,2,8-11H2,1,3-5H3;4-7H,3H2,1-2H3,(H,12,15)(H,13,14);2-5H,1H3/b7-6-,16-15-;;. The number of hydrogen-bond acceptors (Lipinski definition) is 3. The van der Waals surface area contributed by atoms with Gasteiger partial charge in [-0.3, -0.25) is 9.59 Å². The number of nitrogens with one attached hydrogen (secondary N) is 2. The van der Waals surface area contributed by atoms with Crippen LogP contribution in [-0.2, 0) is 4.79 Å².